The highest BCUT2D eigenvalue weighted by Crippen LogP contribution is 2.39. The maximum atomic E-state index is 10.6. The number of hydrogen-bond acceptors (Lipinski definition) is 6. The number of nitrogens with two attached hydrogens (primary N) is 1. The summed E-state index contributed by atoms with van der Waals surface area (Å²) >= 11 is 0. The van der Waals surface area contributed by atoms with Gasteiger partial charge < -0.3 is 25.7 Å². The predicted octanol–water partition coefficient (Wildman–Crippen LogP) is 2.71. The van der Waals surface area contributed by atoms with Crippen molar-refractivity contribution >= 4 is 11.3 Å². The number of hydrogen-bond donors (Lipinski definition) is 4. The number of aryl methyl sites for hydroxylation is 1. The molecule has 27 heavy (non-hydrogen) atoms. The molecule has 0 fully saturated rings. The zero-order valence-corrected chi connectivity index (χ0v) is 15.8. The van der Waals surface area contributed by atoms with Gasteiger partial charge in [-0.1, -0.05) is 19.1 Å². The summed E-state index contributed by atoms with van der Waals surface area (Å²) in [5, 5.41) is 22.7. The second kappa shape index (κ2) is 8.33. The molecule has 5 N–H and O–H groups in total. The fourth-order valence-corrected chi connectivity index (χ4v) is 3.37. The van der Waals surface area contributed by atoms with Gasteiger partial charge >= 0.3 is 0 Å². The Morgan fingerprint density at radius 2 is 1.89 bits per heavy atom. The first-order valence-electron chi connectivity index (χ1n) is 9.23. The van der Waals surface area contributed by atoms with Gasteiger partial charge in [0.25, 0.3) is 0 Å². The van der Waals surface area contributed by atoms with Crippen molar-refractivity contribution in [2.45, 2.75) is 19.8 Å². The molecule has 1 heterocycles. The summed E-state index contributed by atoms with van der Waals surface area (Å²) in [4.78, 5) is 0. The molecule has 0 amide bonds. The van der Waals surface area contributed by atoms with Gasteiger partial charge in [0.15, 0.2) is 0 Å². The Labute approximate surface area is 159 Å². The Hall–Kier alpha value is -2.70. The third-order valence-electron chi connectivity index (χ3n) is 4.86. The van der Waals surface area contributed by atoms with Crippen molar-refractivity contribution in [2.24, 2.45) is 5.73 Å². The number of nitrogens with one attached hydrogen (secondary N) is 1. The second-order valence-corrected chi connectivity index (χ2v) is 6.54. The van der Waals surface area contributed by atoms with Gasteiger partial charge in [-0.05, 0) is 48.7 Å². The highest BCUT2D eigenvalue weighted by molar-refractivity contribution is 5.94. The Balaban J connectivity index is 2.13. The predicted molar refractivity (Wildman–Crippen MR) is 107 cm³/mol. The molecule has 0 saturated carbocycles. The topological polar surface area (TPSA) is 91.0 Å². The van der Waals surface area contributed by atoms with Crippen LogP contribution in [-0.2, 0) is 6.42 Å². The molecular formula is C21H27N3O3. The number of hydrazine groups is 1. The minimum atomic E-state index is 0.0622. The van der Waals surface area contributed by atoms with Crippen LogP contribution in [0.1, 0.15) is 30.0 Å². The number of rotatable bonds is 7. The second-order valence-electron chi connectivity index (χ2n) is 6.54. The minimum Gasteiger partial charge on any atom is -0.508 e. The van der Waals surface area contributed by atoms with Gasteiger partial charge in [0.2, 0.25) is 0 Å². The van der Waals surface area contributed by atoms with E-state index in [0.29, 0.717) is 25.1 Å². The van der Waals surface area contributed by atoms with Crippen molar-refractivity contribution in [3.8, 4) is 17.2 Å². The molecular weight excluding hydrogens is 342 g/mol. The Bertz CT molecular complexity index is 831. The number of methoxy groups -OCH3 is 1. The fourth-order valence-electron chi connectivity index (χ4n) is 3.37. The molecule has 1 aliphatic rings. The third-order valence-corrected chi connectivity index (χ3v) is 4.86. The summed E-state index contributed by atoms with van der Waals surface area (Å²) < 4.78 is 5.26. The van der Waals surface area contributed by atoms with E-state index in [1.807, 2.05) is 42.3 Å². The summed E-state index contributed by atoms with van der Waals surface area (Å²) in [6.45, 7) is 3.94. The van der Waals surface area contributed by atoms with E-state index in [0.717, 1.165) is 41.1 Å². The van der Waals surface area contributed by atoms with Crippen molar-refractivity contribution in [2.75, 3.05) is 26.7 Å². The number of nitrogens with zero attached hydrogens (tertiary/aromatic N) is 1. The van der Waals surface area contributed by atoms with Crippen LogP contribution in [0.4, 0.5) is 0 Å². The summed E-state index contributed by atoms with van der Waals surface area (Å²) in [5.41, 5.74) is 13.7. The van der Waals surface area contributed by atoms with Gasteiger partial charge in [0, 0.05) is 30.3 Å². The highest BCUT2D eigenvalue weighted by Gasteiger charge is 2.27. The molecule has 0 radical (unpaired) electrons. The monoisotopic (exact) mass is 369 g/mol. The molecule has 6 heteroatoms. The third kappa shape index (κ3) is 3.86. The molecule has 2 aromatic rings. The Morgan fingerprint density at radius 1 is 1.15 bits per heavy atom. The van der Waals surface area contributed by atoms with Gasteiger partial charge in [-0.3, -0.25) is 0 Å². The maximum absolute atomic E-state index is 10.6. The quantitative estimate of drug-likeness (QED) is 0.600. The van der Waals surface area contributed by atoms with Crippen LogP contribution in [0.5, 0.6) is 17.2 Å². The van der Waals surface area contributed by atoms with E-state index < -0.39 is 0 Å². The zero-order valence-electron chi connectivity index (χ0n) is 15.8. The van der Waals surface area contributed by atoms with Gasteiger partial charge in [0.05, 0.1) is 12.8 Å². The number of phenols is 2. The molecule has 0 aromatic heterocycles. The van der Waals surface area contributed by atoms with Crippen LogP contribution in [0, 0.1) is 0 Å². The lowest BCUT2D eigenvalue weighted by Crippen LogP contribution is -2.33. The molecule has 0 unspecified atom stereocenters. The summed E-state index contributed by atoms with van der Waals surface area (Å²) in [5.74, 6) is 0.976. The van der Waals surface area contributed by atoms with Gasteiger partial charge in [-0.2, -0.15) is 0 Å². The molecule has 0 aliphatic carbocycles. The van der Waals surface area contributed by atoms with Crippen LogP contribution < -0.4 is 15.9 Å². The van der Waals surface area contributed by atoms with Crippen molar-refractivity contribution < 1.29 is 14.9 Å². The van der Waals surface area contributed by atoms with E-state index in [4.69, 9.17) is 10.5 Å². The standard InChI is InChI=1S/C21H27N3O3/c1-3-14-11-17(20(26)12-19(14)25)21-18(13-23-24(21)10-4-9-22)15-5-7-16(27-2)8-6-15/h5-8,11-12,23,25-26H,3-4,9-10,13,22H2,1-2H3. The number of ether oxygens (including phenoxy) is 1. The lowest BCUT2D eigenvalue weighted by Gasteiger charge is -2.24. The first-order valence-corrected chi connectivity index (χ1v) is 9.23. The molecule has 0 spiro atoms. The normalized spacial score (nSPS) is 14.1. The Morgan fingerprint density at radius 3 is 2.52 bits per heavy atom. The molecule has 0 saturated heterocycles. The number of benzene rings is 2. The lowest BCUT2D eigenvalue weighted by molar-refractivity contribution is 0.319. The van der Waals surface area contributed by atoms with E-state index in [1.54, 1.807) is 7.11 Å². The fraction of sp³-hybridized carbons (Fsp3) is 0.333. The Kier molecular flexibility index (Phi) is 5.88. The maximum Gasteiger partial charge on any atom is 0.128 e. The molecule has 1 aliphatic heterocycles. The minimum absolute atomic E-state index is 0.0622. The van der Waals surface area contributed by atoms with Crippen molar-refractivity contribution in [1.29, 1.82) is 0 Å². The van der Waals surface area contributed by atoms with E-state index in [9.17, 15) is 10.2 Å². The average molecular weight is 369 g/mol. The summed E-state index contributed by atoms with van der Waals surface area (Å²) in [6.07, 6.45) is 1.51. The first-order chi connectivity index (χ1) is 13.1. The van der Waals surface area contributed by atoms with Crippen molar-refractivity contribution in [3.05, 3.63) is 53.1 Å². The molecule has 3 rings (SSSR count). The van der Waals surface area contributed by atoms with E-state index in [-0.39, 0.29) is 11.5 Å². The zero-order chi connectivity index (χ0) is 19.4. The number of aromatic hydroxyl groups is 2. The number of phenolic OH excluding ortho intramolecular Hbond substituents is 2. The molecule has 0 bridgehead atoms. The largest absolute Gasteiger partial charge is 0.508 e. The molecule has 6 nitrogen and oxygen atoms in total. The van der Waals surface area contributed by atoms with Crippen molar-refractivity contribution in [3.63, 3.8) is 0 Å². The molecule has 2 aromatic carbocycles. The van der Waals surface area contributed by atoms with Crippen molar-refractivity contribution in [1.82, 2.24) is 10.4 Å². The van der Waals surface area contributed by atoms with Gasteiger partial charge in [-0.15, -0.1) is 0 Å². The van der Waals surface area contributed by atoms with Crippen LogP contribution >= 0.6 is 0 Å². The SMILES string of the molecule is CCc1cc(C2=C(c3ccc(OC)cc3)CNN2CCCN)c(O)cc1O. The first kappa shape index (κ1) is 19.1. The van der Waals surface area contributed by atoms with Crippen LogP contribution in [0.2, 0.25) is 0 Å². The summed E-state index contributed by atoms with van der Waals surface area (Å²) in [6, 6.07) is 11.2. The van der Waals surface area contributed by atoms with Crippen LogP contribution in [0.15, 0.2) is 36.4 Å². The molecule has 144 valence electrons. The van der Waals surface area contributed by atoms with E-state index in [2.05, 4.69) is 5.43 Å². The van der Waals surface area contributed by atoms with E-state index in [1.165, 1.54) is 6.07 Å². The van der Waals surface area contributed by atoms with Gasteiger partial charge in [-0.25, -0.2) is 5.43 Å². The average Bonchev–Trinajstić information content (AvgIpc) is 3.10. The highest BCUT2D eigenvalue weighted by atomic mass is 16.5. The van der Waals surface area contributed by atoms with Crippen LogP contribution in [-0.4, -0.2) is 42.0 Å². The summed E-state index contributed by atoms with van der Waals surface area (Å²) in [7, 11) is 1.64. The smallest absolute Gasteiger partial charge is 0.128 e. The van der Waals surface area contributed by atoms with Gasteiger partial charge in [0.1, 0.15) is 17.2 Å². The van der Waals surface area contributed by atoms with Crippen LogP contribution in [0.25, 0.3) is 11.3 Å². The lowest BCUT2D eigenvalue weighted by atomic mass is 9.97. The van der Waals surface area contributed by atoms with Crippen LogP contribution in [0.3, 0.4) is 0 Å². The van der Waals surface area contributed by atoms with E-state index >= 15 is 0 Å². The molecule has 0 atom stereocenters.